The average molecular weight is 525 g/mol. The van der Waals surface area contributed by atoms with E-state index in [4.69, 9.17) is 4.42 Å². The lowest BCUT2D eigenvalue weighted by Crippen LogP contribution is -2.26. The number of hydrogen-bond acceptors (Lipinski definition) is 6. The van der Waals surface area contributed by atoms with Crippen LogP contribution in [-0.4, -0.2) is 40.4 Å². The van der Waals surface area contributed by atoms with Gasteiger partial charge in [0.25, 0.3) is 5.56 Å². The van der Waals surface area contributed by atoms with Crippen LogP contribution in [0.25, 0.3) is 28.1 Å². The molecule has 198 valence electrons. The molecule has 0 radical (unpaired) electrons. The number of β-amino-alcohol motifs (C(OH)–C–C–N with tert-alkyl or cyclic N) is 1. The first kappa shape index (κ1) is 25.6. The summed E-state index contributed by atoms with van der Waals surface area (Å²) in [5, 5.41) is 13.0. The van der Waals surface area contributed by atoms with Crippen molar-refractivity contribution in [2.24, 2.45) is 0 Å². The number of aliphatic hydroxyl groups excluding tert-OH is 1. The maximum absolute atomic E-state index is 14.2. The molecular formula is C28H27F3N4O3. The van der Waals surface area contributed by atoms with Gasteiger partial charge >= 0.3 is 6.18 Å². The SMILES string of the molecule is CCNc1cc(-c2cc(C)cc(-c3cnco3)c2)cn(-c2cc(N3CCC(O)C3)ccc2C(F)(F)F)c1=O. The minimum Gasteiger partial charge on any atom is -0.444 e. The van der Waals surface area contributed by atoms with Crippen LogP contribution in [0.2, 0.25) is 0 Å². The predicted octanol–water partition coefficient (Wildman–Crippen LogP) is 5.49. The van der Waals surface area contributed by atoms with Crippen LogP contribution in [0.4, 0.5) is 24.5 Å². The number of hydrogen-bond donors (Lipinski definition) is 2. The molecule has 2 N–H and O–H groups in total. The number of anilines is 2. The van der Waals surface area contributed by atoms with Gasteiger partial charge in [-0.25, -0.2) is 4.98 Å². The van der Waals surface area contributed by atoms with E-state index in [9.17, 15) is 23.1 Å². The highest BCUT2D eigenvalue weighted by molar-refractivity contribution is 5.74. The Hall–Kier alpha value is -4.05. The Bertz CT molecular complexity index is 1510. The Morgan fingerprint density at radius 2 is 1.92 bits per heavy atom. The van der Waals surface area contributed by atoms with Crippen molar-refractivity contribution in [1.29, 1.82) is 0 Å². The monoisotopic (exact) mass is 524 g/mol. The second kappa shape index (κ2) is 10.0. The molecule has 1 saturated heterocycles. The topological polar surface area (TPSA) is 83.5 Å². The van der Waals surface area contributed by atoms with Gasteiger partial charge in [0.15, 0.2) is 12.2 Å². The van der Waals surface area contributed by atoms with E-state index in [0.29, 0.717) is 48.6 Å². The van der Waals surface area contributed by atoms with Gasteiger partial charge in [-0.3, -0.25) is 9.36 Å². The number of aliphatic hydroxyl groups is 1. The predicted molar refractivity (Wildman–Crippen MR) is 140 cm³/mol. The lowest BCUT2D eigenvalue weighted by molar-refractivity contribution is -0.137. The van der Waals surface area contributed by atoms with Gasteiger partial charge in [0, 0.05) is 42.6 Å². The number of alkyl halides is 3. The highest BCUT2D eigenvalue weighted by atomic mass is 19.4. The number of halogens is 3. The number of nitrogens with one attached hydrogen (secondary N) is 1. The number of benzene rings is 2. The van der Waals surface area contributed by atoms with Crippen LogP contribution < -0.4 is 15.8 Å². The van der Waals surface area contributed by atoms with E-state index in [-0.39, 0.29) is 11.4 Å². The Morgan fingerprint density at radius 3 is 2.58 bits per heavy atom. The van der Waals surface area contributed by atoms with Crippen LogP contribution in [0.15, 0.2) is 70.5 Å². The number of pyridine rings is 1. The largest absolute Gasteiger partial charge is 0.444 e. The summed E-state index contributed by atoms with van der Waals surface area (Å²) in [5.41, 5.74) is 1.82. The second-order valence-electron chi connectivity index (χ2n) is 9.39. The smallest absolute Gasteiger partial charge is 0.418 e. The molecule has 0 amide bonds. The van der Waals surface area contributed by atoms with Crippen molar-refractivity contribution in [3.8, 4) is 28.1 Å². The zero-order valence-electron chi connectivity index (χ0n) is 20.9. The number of nitrogens with zero attached hydrogens (tertiary/aromatic N) is 3. The highest BCUT2D eigenvalue weighted by Crippen LogP contribution is 2.37. The van der Waals surface area contributed by atoms with Crippen molar-refractivity contribution in [3.63, 3.8) is 0 Å². The Kier molecular flexibility index (Phi) is 6.75. The van der Waals surface area contributed by atoms with Crippen molar-refractivity contribution in [2.75, 3.05) is 29.9 Å². The number of aromatic nitrogens is 2. The zero-order valence-corrected chi connectivity index (χ0v) is 20.9. The van der Waals surface area contributed by atoms with Gasteiger partial charge in [-0.2, -0.15) is 13.2 Å². The fourth-order valence-electron chi connectivity index (χ4n) is 4.82. The summed E-state index contributed by atoms with van der Waals surface area (Å²) in [6.45, 7) is 4.95. The fourth-order valence-corrected chi connectivity index (χ4v) is 4.82. The summed E-state index contributed by atoms with van der Waals surface area (Å²) in [7, 11) is 0. The molecule has 2 aromatic carbocycles. The zero-order chi connectivity index (χ0) is 27.0. The molecule has 1 aliphatic heterocycles. The van der Waals surface area contributed by atoms with Gasteiger partial charge in [0.2, 0.25) is 0 Å². The standard InChI is InChI=1S/C28H27F3N4O3/c1-3-33-24-11-20(18-8-17(2)9-19(10-18)26-13-32-16-38-26)14-35(27(24)37)25-12-21(34-7-6-22(36)15-34)4-5-23(25)28(29,30)31/h4-5,8-14,16,22,33,36H,3,6-7,15H2,1-2H3. The van der Waals surface area contributed by atoms with Gasteiger partial charge in [-0.1, -0.05) is 6.07 Å². The summed E-state index contributed by atoms with van der Waals surface area (Å²) in [5.74, 6) is 0.551. The molecule has 5 rings (SSSR count). The average Bonchev–Trinajstić information content (AvgIpc) is 3.56. The summed E-state index contributed by atoms with van der Waals surface area (Å²) < 4.78 is 49.0. The number of oxazole rings is 1. The van der Waals surface area contributed by atoms with Crippen LogP contribution in [0.5, 0.6) is 0 Å². The van der Waals surface area contributed by atoms with E-state index in [1.54, 1.807) is 12.3 Å². The van der Waals surface area contributed by atoms with Crippen LogP contribution in [0, 0.1) is 6.92 Å². The molecule has 0 spiro atoms. The van der Waals surface area contributed by atoms with Crippen molar-refractivity contribution < 1.29 is 22.7 Å². The third-order valence-corrected chi connectivity index (χ3v) is 6.59. The molecule has 38 heavy (non-hydrogen) atoms. The Labute approximate surface area is 217 Å². The van der Waals surface area contributed by atoms with E-state index < -0.39 is 23.4 Å². The van der Waals surface area contributed by atoms with Gasteiger partial charge < -0.3 is 19.7 Å². The molecule has 1 unspecified atom stereocenters. The van der Waals surface area contributed by atoms with Crippen LogP contribution in [0.1, 0.15) is 24.5 Å². The minimum atomic E-state index is -4.69. The summed E-state index contributed by atoms with van der Waals surface area (Å²) in [4.78, 5) is 19.3. The van der Waals surface area contributed by atoms with Crippen LogP contribution in [0.3, 0.4) is 0 Å². The fraction of sp³-hybridized carbons (Fsp3) is 0.286. The summed E-state index contributed by atoms with van der Waals surface area (Å²) in [6, 6.07) is 11.1. The normalized spacial score (nSPS) is 15.7. The summed E-state index contributed by atoms with van der Waals surface area (Å²) in [6.07, 6.45) is -0.361. The highest BCUT2D eigenvalue weighted by Gasteiger charge is 2.35. The van der Waals surface area contributed by atoms with Gasteiger partial charge in [0.1, 0.15) is 5.69 Å². The lowest BCUT2D eigenvalue weighted by Gasteiger charge is -2.22. The van der Waals surface area contributed by atoms with Crippen molar-refractivity contribution >= 4 is 11.4 Å². The van der Waals surface area contributed by atoms with Crippen LogP contribution >= 0.6 is 0 Å². The molecule has 1 atom stereocenters. The Morgan fingerprint density at radius 1 is 1.13 bits per heavy atom. The molecule has 3 heterocycles. The first-order valence-corrected chi connectivity index (χ1v) is 12.3. The first-order chi connectivity index (χ1) is 18.1. The van der Waals surface area contributed by atoms with Gasteiger partial charge in [-0.15, -0.1) is 0 Å². The first-order valence-electron chi connectivity index (χ1n) is 12.3. The van der Waals surface area contributed by atoms with Gasteiger partial charge in [0.05, 0.1) is 23.6 Å². The van der Waals surface area contributed by atoms with E-state index in [2.05, 4.69) is 10.3 Å². The van der Waals surface area contributed by atoms with E-state index in [1.807, 2.05) is 36.9 Å². The van der Waals surface area contributed by atoms with Gasteiger partial charge in [-0.05, 0) is 67.8 Å². The summed E-state index contributed by atoms with van der Waals surface area (Å²) >= 11 is 0. The molecule has 0 aliphatic carbocycles. The molecule has 2 aromatic heterocycles. The van der Waals surface area contributed by atoms with Crippen molar-refractivity contribution in [3.05, 3.63) is 82.7 Å². The van der Waals surface area contributed by atoms with Crippen molar-refractivity contribution in [1.82, 2.24) is 9.55 Å². The Balaban J connectivity index is 1.72. The quantitative estimate of drug-likeness (QED) is 0.347. The lowest BCUT2D eigenvalue weighted by atomic mass is 10.00. The molecule has 1 fully saturated rings. The molecular weight excluding hydrogens is 497 g/mol. The van der Waals surface area contributed by atoms with E-state index in [0.717, 1.165) is 21.8 Å². The molecule has 7 nitrogen and oxygen atoms in total. The molecule has 0 bridgehead atoms. The molecule has 0 saturated carbocycles. The maximum Gasteiger partial charge on any atom is 0.418 e. The van der Waals surface area contributed by atoms with E-state index >= 15 is 0 Å². The third-order valence-electron chi connectivity index (χ3n) is 6.59. The van der Waals surface area contributed by atoms with E-state index in [1.165, 1.54) is 24.7 Å². The van der Waals surface area contributed by atoms with Crippen molar-refractivity contribution in [2.45, 2.75) is 32.5 Å². The number of aryl methyl sites for hydroxylation is 1. The molecule has 10 heteroatoms. The molecule has 1 aliphatic rings. The van der Waals surface area contributed by atoms with Crippen LogP contribution in [-0.2, 0) is 6.18 Å². The minimum absolute atomic E-state index is 0.183. The number of rotatable bonds is 6. The maximum atomic E-state index is 14.2. The second-order valence-corrected chi connectivity index (χ2v) is 9.39. The third kappa shape index (κ3) is 5.04. The molecule has 4 aromatic rings.